The molecule has 0 aliphatic carbocycles. The first-order chi connectivity index (χ1) is 21.1. The van der Waals surface area contributed by atoms with Crippen molar-refractivity contribution in [1.29, 1.82) is 0 Å². The highest BCUT2D eigenvalue weighted by Crippen LogP contribution is 2.28. The van der Waals surface area contributed by atoms with Crippen LogP contribution in [0, 0.1) is 10.1 Å². The molecule has 0 saturated heterocycles. The second-order valence-corrected chi connectivity index (χ2v) is 12.6. The molecule has 4 aromatic rings. The molecule has 0 saturated carbocycles. The number of carbonyl (C=O) groups is 2. The Hall–Kier alpha value is -4.55. The Morgan fingerprint density at radius 1 is 0.886 bits per heavy atom. The number of nitrogens with one attached hydrogen (secondary N) is 1. The Labute approximate surface area is 264 Å². The molecule has 0 bridgehead atoms. The number of hydrogen-bond acceptors (Lipinski definition) is 6. The van der Waals surface area contributed by atoms with Crippen molar-refractivity contribution < 1.29 is 22.9 Å². The van der Waals surface area contributed by atoms with Crippen LogP contribution in [0.5, 0.6) is 0 Å². The number of rotatable bonds is 13. The van der Waals surface area contributed by atoms with Gasteiger partial charge in [-0.2, -0.15) is 0 Å². The first-order valence-electron chi connectivity index (χ1n) is 13.8. The number of likely N-dealkylation sites (N-methyl/N-ethyl adjacent to an activating group) is 1. The molecule has 0 fully saturated rings. The van der Waals surface area contributed by atoms with E-state index in [-0.39, 0.29) is 29.2 Å². The number of sulfonamides is 1. The Balaban J connectivity index is 1.82. The number of amides is 2. The van der Waals surface area contributed by atoms with Crippen molar-refractivity contribution in [3.8, 4) is 0 Å². The highest BCUT2D eigenvalue weighted by molar-refractivity contribution is 9.10. The molecule has 12 heteroatoms. The third-order valence-corrected chi connectivity index (χ3v) is 9.08. The fourth-order valence-electron chi connectivity index (χ4n) is 4.69. The molecule has 0 aliphatic rings. The molecular weight excluding hydrogens is 648 g/mol. The standard InChI is InChI=1S/C32H31BrN4O6S/c1-2-34-32(39)30(20-24-11-5-3-6-12-24)35(22-25-13-9-14-26(33)19-25)31(38)23-36(27-15-10-16-28(21-27)37(40)41)44(42,43)29-17-7-4-8-18-29/h3-19,21,30H,2,20,22-23H2,1H3,(H,34,39). The lowest BCUT2D eigenvalue weighted by atomic mass is 10.0. The maximum atomic E-state index is 14.3. The van der Waals surface area contributed by atoms with Gasteiger partial charge in [-0.25, -0.2) is 8.42 Å². The van der Waals surface area contributed by atoms with E-state index in [9.17, 15) is 28.1 Å². The van der Waals surface area contributed by atoms with Gasteiger partial charge in [0.1, 0.15) is 12.6 Å². The molecule has 0 heterocycles. The monoisotopic (exact) mass is 678 g/mol. The van der Waals surface area contributed by atoms with Gasteiger partial charge in [-0.15, -0.1) is 0 Å². The second-order valence-electron chi connectivity index (χ2n) is 9.85. The summed E-state index contributed by atoms with van der Waals surface area (Å²) in [5.41, 5.74) is 1.13. The van der Waals surface area contributed by atoms with Gasteiger partial charge in [-0.05, 0) is 48.4 Å². The first-order valence-corrected chi connectivity index (χ1v) is 16.0. The number of nitro groups is 1. The predicted molar refractivity (Wildman–Crippen MR) is 171 cm³/mol. The van der Waals surface area contributed by atoms with Gasteiger partial charge in [0.25, 0.3) is 15.7 Å². The number of hydrogen-bond donors (Lipinski definition) is 1. The van der Waals surface area contributed by atoms with Crippen molar-refractivity contribution in [2.45, 2.75) is 30.8 Å². The maximum absolute atomic E-state index is 14.3. The van der Waals surface area contributed by atoms with Crippen LogP contribution in [0.25, 0.3) is 0 Å². The number of nitro benzene ring substituents is 1. The van der Waals surface area contributed by atoms with Crippen LogP contribution in [-0.2, 0) is 32.6 Å². The lowest BCUT2D eigenvalue weighted by Crippen LogP contribution is -2.53. The molecule has 2 amide bonds. The lowest BCUT2D eigenvalue weighted by Gasteiger charge is -2.33. The molecule has 10 nitrogen and oxygen atoms in total. The van der Waals surface area contributed by atoms with Gasteiger partial charge >= 0.3 is 0 Å². The van der Waals surface area contributed by atoms with E-state index in [4.69, 9.17) is 0 Å². The normalized spacial score (nSPS) is 11.8. The highest BCUT2D eigenvalue weighted by Gasteiger charge is 2.35. The van der Waals surface area contributed by atoms with Crippen LogP contribution in [0.4, 0.5) is 11.4 Å². The number of halogens is 1. The van der Waals surface area contributed by atoms with Gasteiger partial charge in [0.2, 0.25) is 11.8 Å². The summed E-state index contributed by atoms with van der Waals surface area (Å²) in [7, 11) is -4.36. The van der Waals surface area contributed by atoms with E-state index < -0.39 is 39.3 Å². The first kappa shape index (κ1) is 32.4. The molecule has 0 spiro atoms. The van der Waals surface area contributed by atoms with Crippen LogP contribution >= 0.6 is 15.9 Å². The van der Waals surface area contributed by atoms with E-state index in [0.29, 0.717) is 12.1 Å². The topological polar surface area (TPSA) is 130 Å². The zero-order valence-corrected chi connectivity index (χ0v) is 26.3. The van der Waals surface area contributed by atoms with E-state index in [1.807, 2.05) is 42.5 Å². The van der Waals surface area contributed by atoms with Gasteiger partial charge in [-0.3, -0.25) is 24.0 Å². The number of anilines is 1. The van der Waals surface area contributed by atoms with E-state index in [0.717, 1.165) is 20.4 Å². The van der Waals surface area contributed by atoms with Gasteiger partial charge in [0.05, 0.1) is 15.5 Å². The van der Waals surface area contributed by atoms with E-state index >= 15 is 0 Å². The second kappa shape index (κ2) is 14.8. The minimum atomic E-state index is -4.36. The van der Waals surface area contributed by atoms with Crippen molar-refractivity contribution in [3.63, 3.8) is 0 Å². The van der Waals surface area contributed by atoms with Crippen LogP contribution in [0.15, 0.2) is 119 Å². The molecule has 1 N–H and O–H groups in total. The van der Waals surface area contributed by atoms with Crippen molar-refractivity contribution in [2.24, 2.45) is 0 Å². The molecule has 4 rings (SSSR count). The van der Waals surface area contributed by atoms with Gasteiger partial charge in [0, 0.05) is 36.1 Å². The van der Waals surface area contributed by atoms with E-state index in [1.54, 1.807) is 37.3 Å². The largest absolute Gasteiger partial charge is 0.355 e. The van der Waals surface area contributed by atoms with E-state index in [2.05, 4.69) is 21.2 Å². The molecule has 0 radical (unpaired) electrons. The van der Waals surface area contributed by atoms with Crippen LogP contribution < -0.4 is 9.62 Å². The highest BCUT2D eigenvalue weighted by atomic mass is 79.9. The minimum Gasteiger partial charge on any atom is -0.355 e. The summed E-state index contributed by atoms with van der Waals surface area (Å²) in [4.78, 5) is 40.1. The fraction of sp³-hybridized carbons (Fsp3) is 0.188. The Bertz CT molecular complexity index is 1720. The Morgan fingerprint density at radius 3 is 2.16 bits per heavy atom. The summed E-state index contributed by atoms with van der Waals surface area (Å²) >= 11 is 3.45. The Morgan fingerprint density at radius 2 is 1.52 bits per heavy atom. The molecule has 4 aromatic carbocycles. The summed E-state index contributed by atoms with van der Waals surface area (Å²) in [6.45, 7) is 1.39. The van der Waals surface area contributed by atoms with Crippen LogP contribution in [0.1, 0.15) is 18.1 Å². The Kier molecular flexibility index (Phi) is 10.9. The zero-order chi connectivity index (χ0) is 31.7. The molecule has 1 atom stereocenters. The summed E-state index contributed by atoms with van der Waals surface area (Å²) in [5, 5.41) is 14.4. The van der Waals surface area contributed by atoms with Gasteiger partial charge in [-0.1, -0.05) is 82.7 Å². The summed E-state index contributed by atoms with van der Waals surface area (Å²) < 4.78 is 29.6. The van der Waals surface area contributed by atoms with Gasteiger partial charge < -0.3 is 10.2 Å². The smallest absolute Gasteiger partial charge is 0.271 e. The minimum absolute atomic E-state index is 0.00106. The van der Waals surface area contributed by atoms with Crippen molar-refractivity contribution in [2.75, 3.05) is 17.4 Å². The fourth-order valence-corrected chi connectivity index (χ4v) is 6.56. The molecule has 228 valence electrons. The number of carbonyl (C=O) groups excluding carboxylic acids is 2. The molecular formula is C32H31BrN4O6S. The van der Waals surface area contributed by atoms with Crippen LogP contribution in [0.2, 0.25) is 0 Å². The van der Waals surface area contributed by atoms with Gasteiger partial charge in [0.15, 0.2) is 0 Å². The molecule has 44 heavy (non-hydrogen) atoms. The van der Waals surface area contributed by atoms with Crippen molar-refractivity contribution in [3.05, 3.63) is 135 Å². The quantitative estimate of drug-likeness (QED) is 0.150. The molecule has 0 aromatic heterocycles. The lowest BCUT2D eigenvalue weighted by molar-refractivity contribution is -0.384. The van der Waals surface area contributed by atoms with Crippen LogP contribution in [-0.4, -0.2) is 49.2 Å². The SMILES string of the molecule is CCNC(=O)C(Cc1ccccc1)N(Cc1cccc(Br)c1)C(=O)CN(c1cccc([N+](=O)[O-])c1)S(=O)(=O)c1ccccc1. The maximum Gasteiger partial charge on any atom is 0.271 e. The van der Waals surface area contributed by atoms with Crippen LogP contribution in [0.3, 0.4) is 0 Å². The number of benzene rings is 4. The zero-order valence-electron chi connectivity index (χ0n) is 23.9. The summed E-state index contributed by atoms with van der Waals surface area (Å²) in [6, 6.07) is 28.1. The third-order valence-electron chi connectivity index (χ3n) is 6.80. The average Bonchev–Trinajstić information content (AvgIpc) is 3.02. The average molecular weight is 680 g/mol. The van der Waals surface area contributed by atoms with Crippen molar-refractivity contribution in [1.82, 2.24) is 10.2 Å². The summed E-state index contributed by atoms with van der Waals surface area (Å²) in [5.74, 6) is -1.06. The summed E-state index contributed by atoms with van der Waals surface area (Å²) in [6.07, 6.45) is 0.175. The molecule has 1 unspecified atom stereocenters. The molecule has 0 aliphatic heterocycles. The number of nitrogens with zero attached hydrogens (tertiary/aromatic N) is 3. The predicted octanol–water partition coefficient (Wildman–Crippen LogP) is 5.33. The third kappa shape index (κ3) is 8.08. The van der Waals surface area contributed by atoms with E-state index in [1.165, 1.54) is 35.2 Å². The number of non-ortho nitro benzene ring substituents is 1. The van der Waals surface area contributed by atoms with Crippen molar-refractivity contribution >= 4 is 49.1 Å².